The van der Waals surface area contributed by atoms with Crippen LogP contribution in [0.3, 0.4) is 0 Å². The maximum atomic E-state index is 12.3. The number of carbonyl (C=O) groups is 1. The summed E-state index contributed by atoms with van der Waals surface area (Å²) in [5.74, 6) is -0.304. The van der Waals surface area contributed by atoms with E-state index in [1.807, 2.05) is 6.92 Å². The van der Waals surface area contributed by atoms with E-state index in [2.05, 4.69) is 20.4 Å². The summed E-state index contributed by atoms with van der Waals surface area (Å²) in [4.78, 5) is 30.8. The number of nitro benzene ring substituents is 1. The number of rotatable bonds is 3. The van der Waals surface area contributed by atoms with Crippen molar-refractivity contribution in [3.8, 4) is 0 Å². The summed E-state index contributed by atoms with van der Waals surface area (Å²) in [6.07, 6.45) is 1.58. The molecule has 9 nitrogen and oxygen atoms in total. The molecule has 2 heterocycles. The van der Waals surface area contributed by atoms with Gasteiger partial charge in [-0.25, -0.2) is 9.50 Å². The van der Waals surface area contributed by atoms with Crippen molar-refractivity contribution in [3.63, 3.8) is 0 Å². The van der Waals surface area contributed by atoms with Crippen molar-refractivity contribution in [1.29, 1.82) is 0 Å². The van der Waals surface area contributed by atoms with Crippen LogP contribution in [0.15, 0.2) is 30.5 Å². The van der Waals surface area contributed by atoms with Gasteiger partial charge in [-0.2, -0.15) is 4.98 Å². The van der Waals surface area contributed by atoms with Crippen molar-refractivity contribution in [2.45, 2.75) is 13.8 Å². The summed E-state index contributed by atoms with van der Waals surface area (Å²) in [7, 11) is 0. The van der Waals surface area contributed by atoms with Gasteiger partial charge in [-0.05, 0) is 26.0 Å². The zero-order valence-electron chi connectivity index (χ0n) is 12.3. The molecule has 0 aliphatic heterocycles. The molecule has 0 saturated heterocycles. The molecule has 0 fully saturated rings. The molecule has 1 N–H and O–H groups in total. The lowest BCUT2D eigenvalue weighted by Crippen LogP contribution is -2.15. The molecule has 116 valence electrons. The van der Waals surface area contributed by atoms with E-state index in [1.54, 1.807) is 25.3 Å². The Kier molecular flexibility index (Phi) is 3.45. The second kappa shape index (κ2) is 5.44. The molecule has 9 heteroatoms. The average Bonchev–Trinajstić information content (AvgIpc) is 2.95. The van der Waals surface area contributed by atoms with Gasteiger partial charge in [-0.3, -0.25) is 14.9 Å². The summed E-state index contributed by atoms with van der Waals surface area (Å²) in [5.41, 5.74) is 1.42. The number of carbonyl (C=O) groups excluding carboxylic acids is 1. The van der Waals surface area contributed by atoms with Gasteiger partial charge in [0.25, 0.3) is 17.4 Å². The number of aryl methyl sites for hydroxylation is 1. The summed E-state index contributed by atoms with van der Waals surface area (Å²) >= 11 is 0. The quantitative estimate of drug-likeness (QED) is 0.583. The minimum absolute atomic E-state index is 0.0577. The molecule has 2 aromatic heterocycles. The summed E-state index contributed by atoms with van der Waals surface area (Å²) in [6.45, 7) is 3.38. The number of benzene rings is 1. The number of aromatic nitrogens is 4. The molecule has 3 rings (SSSR count). The molecule has 0 aliphatic rings. The fraction of sp³-hybridized carbons (Fsp3) is 0.143. The molecule has 0 aliphatic carbocycles. The number of fused-ring (bicyclic) bond motifs is 1. The number of hydrogen-bond acceptors (Lipinski definition) is 6. The van der Waals surface area contributed by atoms with Crippen LogP contribution in [0.5, 0.6) is 0 Å². The van der Waals surface area contributed by atoms with Crippen molar-refractivity contribution in [3.05, 3.63) is 57.7 Å². The van der Waals surface area contributed by atoms with Gasteiger partial charge in [-0.15, -0.1) is 5.10 Å². The topological polar surface area (TPSA) is 115 Å². The van der Waals surface area contributed by atoms with Crippen molar-refractivity contribution in [2.75, 3.05) is 5.32 Å². The highest BCUT2D eigenvalue weighted by molar-refractivity contribution is 6.02. The van der Waals surface area contributed by atoms with Crippen LogP contribution in [-0.4, -0.2) is 30.4 Å². The van der Waals surface area contributed by atoms with Crippen LogP contribution < -0.4 is 5.32 Å². The Bertz CT molecular complexity index is 933. The van der Waals surface area contributed by atoms with Crippen LogP contribution >= 0.6 is 0 Å². The first-order valence-electron chi connectivity index (χ1n) is 6.71. The molecule has 0 spiro atoms. The molecule has 0 unspecified atom stereocenters. The van der Waals surface area contributed by atoms with Crippen LogP contribution in [0.4, 0.5) is 11.4 Å². The van der Waals surface area contributed by atoms with E-state index in [-0.39, 0.29) is 11.5 Å². The largest absolute Gasteiger partial charge is 0.319 e. The molecule has 0 saturated carbocycles. The Labute approximate surface area is 130 Å². The number of anilines is 1. The third kappa shape index (κ3) is 2.59. The van der Waals surface area contributed by atoms with Crippen LogP contribution in [-0.2, 0) is 0 Å². The lowest BCUT2D eigenvalue weighted by atomic mass is 10.1. The first kappa shape index (κ1) is 14.6. The van der Waals surface area contributed by atoms with Crippen LogP contribution in [0.2, 0.25) is 0 Å². The first-order valence-corrected chi connectivity index (χ1v) is 6.71. The molecule has 0 atom stereocenters. The summed E-state index contributed by atoms with van der Waals surface area (Å²) in [5, 5.41) is 17.6. The van der Waals surface area contributed by atoms with Gasteiger partial charge in [-0.1, -0.05) is 6.07 Å². The minimum atomic E-state index is -0.557. The molecule has 1 amide bonds. The van der Waals surface area contributed by atoms with E-state index in [4.69, 9.17) is 0 Å². The summed E-state index contributed by atoms with van der Waals surface area (Å²) in [6, 6.07) is 6.21. The van der Waals surface area contributed by atoms with Crippen molar-refractivity contribution in [1.82, 2.24) is 19.6 Å². The van der Waals surface area contributed by atoms with Gasteiger partial charge in [0.15, 0.2) is 0 Å². The standard InChI is InChI=1S/C14H12N6O3/c1-8-6-7-15-14-17-12(18-19(8)14)13(21)16-10-4-3-5-11(9(10)2)20(22)23/h3-7H,1-2H3,(H,16,21). The third-order valence-corrected chi connectivity index (χ3v) is 3.38. The fourth-order valence-electron chi connectivity index (χ4n) is 2.14. The second-order valence-corrected chi connectivity index (χ2v) is 4.89. The molecule has 1 aromatic carbocycles. The van der Waals surface area contributed by atoms with Crippen LogP contribution in [0, 0.1) is 24.0 Å². The van der Waals surface area contributed by atoms with Gasteiger partial charge < -0.3 is 5.32 Å². The predicted molar refractivity (Wildman–Crippen MR) is 81.3 cm³/mol. The minimum Gasteiger partial charge on any atom is -0.319 e. The van der Waals surface area contributed by atoms with E-state index >= 15 is 0 Å². The lowest BCUT2D eigenvalue weighted by Gasteiger charge is -2.06. The predicted octanol–water partition coefficient (Wildman–Crippen LogP) is 1.90. The highest BCUT2D eigenvalue weighted by Gasteiger charge is 2.18. The van der Waals surface area contributed by atoms with Crippen LogP contribution in [0.1, 0.15) is 21.9 Å². The molecule has 0 radical (unpaired) electrons. The molecule has 23 heavy (non-hydrogen) atoms. The zero-order valence-corrected chi connectivity index (χ0v) is 12.3. The Morgan fingerprint density at radius 2 is 2.09 bits per heavy atom. The molecule has 0 bridgehead atoms. The lowest BCUT2D eigenvalue weighted by molar-refractivity contribution is -0.385. The van der Waals surface area contributed by atoms with E-state index in [9.17, 15) is 14.9 Å². The number of nitrogens with one attached hydrogen (secondary N) is 1. The Morgan fingerprint density at radius 3 is 2.78 bits per heavy atom. The number of hydrogen-bond donors (Lipinski definition) is 1. The van der Waals surface area contributed by atoms with Gasteiger partial charge in [0.05, 0.1) is 16.2 Å². The maximum Gasteiger partial charge on any atom is 0.295 e. The normalized spacial score (nSPS) is 10.7. The molecular formula is C14H12N6O3. The van der Waals surface area contributed by atoms with Gasteiger partial charge in [0, 0.05) is 18.0 Å². The zero-order chi connectivity index (χ0) is 16.6. The number of nitrogens with zero attached hydrogens (tertiary/aromatic N) is 5. The first-order chi connectivity index (χ1) is 11.0. The highest BCUT2D eigenvalue weighted by Crippen LogP contribution is 2.25. The highest BCUT2D eigenvalue weighted by atomic mass is 16.6. The maximum absolute atomic E-state index is 12.3. The van der Waals surface area contributed by atoms with Gasteiger partial charge in [0.2, 0.25) is 5.82 Å². The van der Waals surface area contributed by atoms with Crippen molar-refractivity contribution < 1.29 is 9.72 Å². The summed E-state index contributed by atoms with van der Waals surface area (Å²) < 4.78 is 1.45. The van der Waals surface area contributed by atoms with Gasteiger partial charge >= 0.3 is 0 Å². The molecular weight excluding hydrogens is 300 g/mol. The number of amides is 1. The third-order valence-electron chi connectivity index (χ3n) is 3.38. The molecule has 3 aromatic rings. The average molecular weight is 312 g/mol. The van der Waals surface area contributed by atoms with Crippen molar-refractivity contribution in [2.24, 2.45) is 0 Å². The fourth-order valence-corrected chi connectivity index (χ4v) is 2.14. The van der Waals surface area contributed by atoms with E-state index < -0.39 is 10.8 Å². The SMILES string of the molecule is Cc1c(NC(=O)c2nc3nccc(C)n3n2)cccc1[N+](=O)[O-]. The van der Waals surface area contributed by atoms with E-state index in [0.29, 0.717) is 17.0 Å². The van der Waals surface area contributed by atoms with Crippen LogP contribution in [0.25, 0.3) is 5.78 Å². The van der Waals surface area contributed by atoms with E-state index in [1.165, 1.54) is 16.6 Å². The van der Waals surface area contributed by atoms with E-state index in [0.717, 1.165) is 5.69 Å². The second-order valence-electron chi connectivity index (χ2n) is 4.89. The Morgan fingerprint density at radius 1 is 1.30 bits per heavy atom. The monoisotopic (exact) mass is 312 g/mol. The smallest absolute Gasteiger partial charge is 0.295 e. The van der Waals surface area contributed by atoms with Gasteiger partial charge in [0.1, 0.15) is 0 Å². The number of nitro groups is 1. The Hall–Kier alpha value is -3.36. The Balaban J connectivity index is 1.93. The van der Waals surface area contributed by atoms with Crippen molar-refractivity contribution >= 4 is 23.1 Å².